The summed E-state index contributed by atoms with van der Waals surface area (Å²) in [6.45, 7) is 0. The molecule has 0 saturated heterocycles. The number of fused-ring (bicyclic) bond motifs is 2. The van der Waals surface area contributed by atoms with E-state index in [4.69, 9.17) is 0 Å². The highest BCUT2D eigenvalue weighted by Gasteiger charge is 2.33. The van der Waals surface area contributed by atoms with E-state index in [9.17, 15) is 5.11 Å². The lowest BCUT2D eigenvalue weighted by Gasteiger charge is -2.10. The molecule has 0 aliphatic heterocycles. The Kier molecular flexibility index (Phi) is 3.30. The minimum atomic E-state index is -0.735. The second kappa shape index (κ2) is 5.76. The fourth-order valence-corrected chi connectivity index (χ4v) is 5.07. The van der Waals surface area contributed by atoms with Crippen molar-refractivity contribution in [3.05, 3.63) is 65.6 Å². The predicted octanol–water partition coefficient (Wildman–Crippen LogP) is 3.43. The van der Waals surface area contributed by atoms with Crippen molar-refractivity contribution in [2.24, 2.45) is 7.05 Å². The first-order valence-corrected chi connectivity index (χ1v) is 10.1. The topological polar surface area (TPSA) is 73.2 Å². The van der Waals surface area contributed by atoms with Gasteiger partial charge in [-0.05, 0) is 30.9 Å². The molecule has 1 aliphatic carbocycles. The SMILES string of the molecule is Cn1ccc2cc(-n3cc(C(O)c4c(C5CC5)sc5cncn45)cn3)cnc21. The van der Waals surface area contributed by atoms with E-state index >= 15 is 0 Å². The lowest BCUT2D eigenvalue weighted by atomic mass is 10.1. The molecule has 1 unspecified atom stereocenters. The summed E-state index contributed by atoms with van der Waals surface area (Å²) < 4.78 is 5.77. The molecule has 5 aromatic rings. The molecule has 0 bridgehead atoms. The van der Waals surface area contributed by atoms with Crippen molar-refractivity contribution < 1.29 is 5.11 Å². The molecule has 1 saturated carbocycles. The van der Waals surface area contributed by atoms with Gasteiger partial charge in [0.2, 0.25) is 0 Å². The van der Waals surface area contributed by atoms with Gasteiger partial charge in [-0.1, -0.05) is 0 Å². The van der Waals surface area contributed by atoms with Gasteiger partial charge in [0, 0.05) is 35.3 Å². The first kappa shape index (κ1) is 16.0. The standard InChI is InChI=1S/C20H18N6OS/c1-24-5-4-13-6-15(8-22-20(13)24)26-10-14(7-23-26)18(27)17-19(12-2-3-12)28-16-9-21-11-25(16)17/h4-12,18,27H,2-3H2,1H3. The molecule has 0 aromatic carbocycles. The average molecular weight is 390 g/mol. The predicted molar refractivity (Wildman–Crippen MR) is 107 cm³/mol. The number of imidazole rings is 1. The van der Waals surface area contributed by atoms with E-state index < -0.39 is 6.10 Å². The van der Waals surface area contributed by atoms with E-state index in [1.54, 1.807) is 34.7 Å². The molecule has 1 aliphatic rings. The van der Waals surface area contributed by atoms with Gasteiger partial charge in [-0.2, -0.15) is 5.10 Å². The molecule has 8 heteroatoms. The average Bonchev–Trinajstić information content (AvgIpc) is 3.07. The normalized spacial score (nSPS) is 15.6. The Labute approximate surface area is 164 Å². The van der Waals surface area contributed by atoms with E-state index in [1.165, 1.54) is 17.7 Å². The summed E-state index contributed by atoms with van der Waals surface area (Å²) in [5, 5.41) is 16.7. The zero-order valence-electron chi connectivity index (χ0n) is 15.2. The number of hydrogen-bond acceptors (Lipinski definition) is 5. The van der Waals surface area contributed by atoms with Crippen LogP contribution in [0.4, 0.5) is 0 Å². The maximum Gasteiger partial charge on any atom is 0.139 e. The van der Waals surface area contributed by atoms with Crippen LogP contribution in [0.25, 0.3) is 21.6 Å². The molecule has 7 nitrogen and oxygen atoms in total. The minimum absolute atomic E-state index is 0.564. The highest BCUT2D eigenvalue weighted by Crippen LogP contribution is 2.47. The molecule has 5 aromatic heterocycles. The molecule has 0 radical (unpaired) electrons. The van der Waals surface area contributed by atoms with Crippen molar-refractivity contribution in [2.45, 2.75) is 24.9 Å². The van der Waals surface area contributed by atoms with Gasteiger partial charge in [-0.15, -0.1) is 11.3 Å². The molecule has 1 N–H and O–H groups in total. The fourth-order valence-electron chi connectivity index (χ4n) is 3.77. The summed E-state index contributed by atoms with van der Waals surface area (Å²) in [6, 6.07) is 4.09. The van der Waals surface area contributed by atoms with Gasteiger partial charge < -0.3 is 9.67 Å². The van der Waals surface area contributed by atoms with Crippen LogP contribution in [0.2, 0.25) is 0 Å². The first-order valence-electron chi connectivity index (χ1n) is 9.28. The fraction of sp³-hybridized carbons (Fsp3) is 0.250. The number of hydrogen-bond donors (Lipinski definition) is 1. The molecule has 1 fully saturated rings. The monoisotopic (exact) mass is 390 g/mol. The molecule has 5 heterocycles. The zero-order chi connectivity index (χ0) is 18.8. The van der Waals surface area contributed by atoms with Crippen LogP contribution in [0.3, 0.4) is 0 Å². The van der Waals surface area contributed by atoms with Gasteiger partial charge in [-0.3, -0.25) is 4.40 Å². The summed E-state index contributed by atoms with van der Waals surface area (Å²) in [5.41, 5.74) is 3.50. The van der Waals surface area contributed by atoms with Gasteiger partial charge in [0.05, 0.1) is 30.0 Å². The number of aliphatic hydroxyl groups excluding tert-OH is 1. The third-order valence-corrected chi connectivity index (χ3v) is 6.69. The van der Waals surface area contributed by atoms with E-state index in [0.29, 0.717) is 5.92 Å². The van der Waals surface area contributed by atoms with E-state index in [0.717, 1.165) is 32.8 Å². The van der Waals surface area contributed by atoms with E-state index in [-0.39, 0.29) is 0 Å². The summed E-state index contributed by atoms with van der Waals surface area (Å²) in [7, 11) is 1.98. The molecular weight excluding hydrogens is 372 g/mol. The number of nitrogens with zero attached hydrogens (tertiary/aromatic N) is 6. The lowest BCUT2D eigenvalue weighted by Crippen LogP contribution is -2.05. The lowest BCUT2D eigenvalue weighted by molar-refractivity contribution is 0.213. The van der Waals surface area contributed by atoms with Crippen LogP contribution in [0, 0.1) is 0 Å². The van der Waals surface area contributed by atoms with E-state index in [1.807, 2.05) is 40.7 Å². The molecular formula is C20H18N6OS. The highest BCUT2D eigenvalue weighted by molar-refractivity contribution is 7.17. The molecule has 140 valence electrons. The maximum atomic E-state index is 11.2. The molecule has 6 rings (SSSR count). The second-order valence-corrected chi connectivity index (χ2v) is 8.44. The minimum Gasteiger partial charge on any atom is -0.382 e. The van der Waals surface area contributed by atoms with Crippen LogP contribution < -0.4 is 0 Å². The Bertz CT molecular complexity index is 1320. The summed E-state index contributed by atoms with van der Waals surface area (Å²) in [6.07, 6.45) is 12.7. The van der Waals surface area contributed by atoms with Crippen LogP contribution in [-0.2, 0) is 7.05 Å². The third kappa shape index (κ3) is 2.35. The molecule has 0 spiro atoms. The Morgan fingerprint density at radius 2 is 2.14 bits per heavy atom. The number of rotatable bonds is 4. The van der Waals surface area contributed by atoms with Crippen molar-refractivity contribution in [3.8, 4) is 5.69 Å². The van der Waals surface area contributed by atoms with E-state index in [2.05, 4.69) is 21.1 Å². The van der Waals surface area contributed by atoms with Gasteiger partial charge in [0.25, 0.3) is 0 Å². The molecule has 28 heavy (non-hydrogen) atoms. The van der Waals surface area contributed by atoms with Crippen molar-refractivity contribution in [1.82, 2.24) is 28.7 Å². The number of aromatic nitrogens is 6. The number of thiazole rings is 1. The summed E-state index contributed by atoms with van der Waals surface area (Å²) in [4.78, 5) is 11.1. The van der Waals surface area contributed by atoms with Gasteiger partial charge in [0.1, 0.15) is 22.9 Å². The third-order valence-electron chi connectivity index (χ3n) is 5.41. The molecule has 0 amide bonds. The summed E-state index contributed by atoms with van der Waals surface area (Å²) in [5.74, 6) is 0.564. The Hall–Kier alpha value is -2.97. The number of aryl methyl sites for hydroxylation is 1. The van der Waals surface area contributed by atoms with Crippen LogP contribution in [0.15, 0.2) is 49.4 Å². The van der Waals surface area contributed by atoms with Gasteiger partial charge in [-0.25, -0.2) is 14.6 Å². The van der Waals surface area contributed by atoms with Gasteiger partial charge >= 0.3 is 0 Å². The summed E-state index contributed by atoms with van der Waals surface area (Å²) >= 11 is 1.73. The maximum absolute atomic E-state index is 11.2. The quantitative estimate of drug-likeness (QED) is 0.510. The highest BCUT2D eigenvalue weighted by atomic mass is 32.1. The van der Waals surface area contributed by atoms with Crippen LogP contribution in [-0.4, -0.2) is 33.8 Å². The van der Waals surface area contributed by atoms with Crippen molar-refractivity contribution in [1.29, 1.82) is 0 Å². The zero-order valence-corrected chi connectivity index (χ0v) is 16.0. The smallest absolute Gasteiger partial charge is 0.139 e. The number of pyridine rings is 1. The Morgan fingerprint density at radius 1 is 1.25 bits per heavy atom. The first-order chi connectivity index (χ1) is 13.7. The van der Waals surface area contributed by atoms with Crippen molar-refractivity contribution in [3.63, 3.8) is 0 Å². The second-order valence-electron chi connectivity index (χ2n) is 7.38. The van der Waals surface area contributed by atoms with Crippen molar-refractivity contribution in [2.75, 3.05) is 0 Å². The van der Waals surface area contributed by atoms with Crippen LogP contribution >= 0.6 is 11.3 Å². The Balaban J connectivity index is 1.40. The van der Waals surface area contributed by atoms with Crippen LogP contribution in [0.1, 0.15) is 41.0 Å². The largest absolute Gasteiger partial charge is 0.382 e. The number of aliphatic hydroxyl groups is 1. The van der Waals surface area contributed by atoms with Crippen molar-refractivity contribution >= 4 is 27.2 Å². The van der Waals surface area contributed by atoms with Gasteiger partial charge in [0.15, 0.2) is 0 Å². The van der Waals surface area contributed by atoms with Crippen LogP contribution in [0.5, 0.6) is 0 Å². The molecule has 1 atom stereocenters. The Morgan fingerprint density at radius 3 is 3.00 bits per heavy atom.